The third kappa shape index (κ3) is 2.90. The zero-order valence-corrected chi connectivity index (χ0v) is 13.0. The van der Waals surface area contributed by atoms with Gasteiger partial charge in [-0.1, -0.05) is 6.92 Å². The van der Waals surface area contributed by atoms with E-state index in [1.54, 1.807) is 11.3 Å². The fourth-order valence-electron chi connectivity index (χ4n) is 2.64. The van der Waals surface area contributed by atoms with E-state index in [0.29, 0.717) is 11.3 Å². The van der Waals surface area contributed by atoms with E-state index in [0.717, 1.165) is 48.1 Å². The molecule has 2 aromatic rings. The molecular weight excluding hydrogens is 294 g/mol. The Labute approximate surface area is 127 Å². The molecule has 0 bridgehead atoms. The summed E-state index contributed by atoms with van der Waals surface area (Å²) in [6.07, 6.45) is 4.49. The molecule has 0 aromatic carbocycles. The zero-order chi connectivity index (χ0) is 14.1. The van der Waals surface area contributed by atoms with Gasteiger partial charge in [0.2, 0.25) is 5.28 Å². The molecule has 0 amide bonds. The maximum Gasteiger partial charge on any atom is 0.225 e. The number of thiophene rings is 1. The number of hydrogen-bond donors (Lipinski definition) is 2. The van der Waals surface area contributed by atoms with Crippen molar-refractivity contribution >= 4 is 39.0 Å². The Morgan fingerprint density at radius 1 is 1.35 bits per heavy atom. The molecule has 20 heavy (non-hydrogen) atoms. The van der Waals surface area contributed by atoms with E-state index in [4.69, 9.17) is 11.6 Å². The molecular formula is C14H18ClN3OS. The number of anilines is 1. The Hall–Kier alpha value is -0.910. The van der Waals surface area contributed by atoms with Crippen LogP contribution in [0.3, 0.4) is 0 Å². The van der Waals surface area contributed by atoms with Gasteiger partial charge in [-0.3, -0.25) is 0 Å². The number of aryl methyl sites for hydroxylation is 1. The van der Waals surface area contributed by atoms with E-state index in [9.17, 15) is 5.11 Å². The molecule has 1 aliphatic carbocycles. The predicted molar refractivity (Wildman–Crippen MR) is 83.7 cm³/mol. The quantitative estimate of drug-likeness (QED) is 0.850. The van der Waals surface area contributed by atoms with Gasteiger partial charge in [0.1, 0.15) is 10.6 Å². The largest absolute Gasteiger partial charge is 0.393 e. The molecule has 1 fully saturated rings. The van der Waals surface area contributed by atoms with Gasteiger partial charge in [-0.25, -0.2) is 9.97 Å². The molecule has 6 heteroatoms. The van der Waals surface area contributed by atoms with Crippen molar-refractivity contribution in [3.63, 3.8) is 0 Å². The van der Waals surface area contributed by atoms with Crippen LogP contribution in [0.25, 0.3) is 10.2 Å². The fourth-order valence-corrected chi connectivity index (χ4v) is 3.83. The van der Waals surface area contributed by atoms with Crippen LogP contribution in [0.15, 0.2) is 6.07 Å². The minimum Gasteiger partial charge on any atom is -0.393 e. The second-order valence-corrected chi connectivity index (χ2v) is 6.73. The highest BCUT2D eigenvalue weighted by atomic mass is 35.5. The number of halogens is 1. The lowest BCUT2D eigenvalue weighted by atomic mass is 9.93. The lowest BCUT2D eigenvalue weighted by molar-refractivity contribution is 0.126. The van der Waals surface area contributed by atoms with Crippen molar-refractivity contribution in [2.45, 2.75) is 51.2 Å². The van der Waals surface area contributed by atoms with E-state index in [1.807, 2.05) is 0 Å². The molecule has 2 heterocycles. The highest BCUT2D eigenvalue weighted by Gasteiger charge is 2.21. The van der Waals surface area contributed by atoms with Crippen molar-refractivity contribution in [2.75, 3.05) is 5.32 Å². The average molecular weight is 312 g/mol. The molecule has 0 aliphatic heterocycles. The van der Waals surface area contributed by atoms with Gasteiger partial charge in [-0.2, -0.15) is 0 Å². The summed E-state index contributed by atoms with van der Waals surface area (Å²) in [4.78, 5) is 10.9. The summed E-state index contributed by atoms with van der Waals surface area (Å²) in [5, 5.41) is 14.4. The summed E-state index contributed by atoms with van der Waals surface area (Å²) in [5.74, 6) is 0.831. The van der Waals surface area contributed by atoms with Gasteiger partial charge >= 0.3 is 0 Å². The molecule has 0 atom stereocenters. The number of aliphatic hydroxyl groups excluding tert-OH is 1. The number of rotatable bonds is 3. The highest BCUT2D eigenvalue weighted by Crippen LogP contribution is 2.32. The van der Waals surface area contributed by atoms with E-state index < -0.39 is 0 Å². The molecule has 0 saturated heterocycles. The first-order chi connectivity index (χ1) is 9.65. The van der Waals surface area contributed by atoms with Crippen molar-refractivity contribution in [3.05, 3.63) is 16.2 Å². The summed E-state index contributed by atoms with van der Waals surface area (Å²) in [6, 6.07) is 2.51. The van der Waals surface area contributed by atoms with Crippen LogP contribution in [0.5, 0.6) is 0 Å². The van der Waals surface area contributed by atoms with E-state index in [2.05, 4.69) is 28.3 Å². The molecule has 3 rings (SSSR count). The maximum atomic E-state index is 9.57. The third-order valence-electron chi connectivity index (χ3n) is 3.80. The van der Waals surface area contributed by atoms with Gasteiger partial charge in [0.05, 0.1) is 11.5 Å². The Bertz CT molecular complexity index is 608. The molecule has 2 N–H and O–H groups in total. The number of hydrogen-bond acceptors (Lipinski definition) is 5. The number of aliphatic hydroxyl groups is 1. The second kappa shape index (κ2) is 5.84. The SMILES string of the molecule is CCc1cc2c(NC3CCC(O)CC3)nc(Cl)nc2s1. The van der Waals surface area contributed by atoms with Crippen LogP contribution in [0.2, 0.25) is 5.28 Å². The van der Waals surface area contributed by atoms with Gasteiger partial charge in [-0.15, -0.1) is 11.3 Å². The molecule has 108 valence electrons. The molecule has 1 saturated carbocycles. The van der Waals surface area contributed by atoms with E-state index in [1.165, 1.54) is 4.88 Å². The smallest absolute Gasteiger partial charge is 0.225 e. The van der Waals surface area contributed by atoms with Crippen molar-refractivity contribution in [2.24, 2.45) is 0 Å². The van der Waals surface area contributed by atoms with Crippen LogP contribution < -0.4 is 5.32 Å². The summed E-state index contributed by atoms with van der Waals surface area (Å²) < 4.78 is 0. The normalized spacial score (nSPS) is 23.1. The lowest BCUT2D eigenvalue weighted by Gasteiger charge is -2.26. The Kier molecular flexibility index (Phi) is 4.10. The van der Waals surface area contributed by atoms with Crippen LogP contribution in [0.4, 0.5) is 5.82 Å². The summed E-state index contributed by atoms with van der Waals surface area (Å²) in [7, 11) is 0. The summed E-state index contributed by atoms with van der Waals surface area (Å²) in [5.41, 5.74) is 0. The van der Waals surface area contributed by atoms with Crippen molar-refractivity contribution in [1.82, 2.24) is 9.97 Å². The van der Waals surface area contributed by atoms with Crippen LogP contribution in [-0.2, 0) is 6.42 Å². The molecule has 1 aliphatic rings. The molecule has 0 unspecified atom stereocenters. The predicted octanol–water partition coefficient (Wildman–Crippen LogP) is 3.62. The van der Waals surface area contributed by atoms with Crippen molar-refractivity contribution < 1.29 is 5.11 Å². The molecule has 0 radical (unpaired) electrons. The van der Waals surface area contributed by atoms with Crippen molar-refractivity contribution in [3.8, 4) is 0 Å². The summed E-state index contributed by atoms with van der Waals surface area (Å²) >= 11 is 7.69. The molecule has 0 spiro atoms. The number of fused-ring (bicyclic) bond motifs is 1. The van der Waals surface area contributed by atoms with Gasteiger partial charge in [0.25, 0.3) is 0 Å². The number of nitrogens with one attached hydrogen (secondary N) is 1. The Morgan fingerprint density at radius 3 is 2.80 bits per heavy atom. The van der Waals surface area contributed by atoms with E-state index in [-0.39, 0.29) is 6.10 Å². The van der Waals surface area contributed by atoms with Gasteiger partial charge in [-0.05, 0) is 49.8 Å². The first-order valence-corrected chi connectivity index (χ1v) is 8.25. The number of nitrogens with zero attached hydrogens (tertiary/aromatic N) is 2. The van der Waals surface area contributed by atoms with Crippen molar-refractivity contribution in [1.29, 1.82) is 0 Å². The minimum atomic E-state index is -0.144. The highest BCUT2D eigenvalue weighted by molar-refractivity contribution is 7.18. The topological polar surface area (TPSA) is 58.0 Å². The van der Waals surface area contributed by atoms with Gasteiger partial charge < -0.3 is 10.4 Å². The standard InChI is InChI=1S/C14H18ClN3OS/c1-2-10-7-11-12(17-14(15)18-13(11)20-10)16-8-3-5-9(19)6-4-8/h7-9,19H,2-6H2,1H3,(H,16,17,18). The average Bonchev–Trinajstić information content (AvgIpc) is 2.84. The van der Waals surface area contributed by atoms with Crippen LogP contribution in [0.1, 0.15) is 37.5 Å². The first-order valence-electron chi connectivity index (χ1n) is 7.06. The number of aromatic nitrogens is 2. The summed E-state index contributed by atoms with van der Waals surface area (Å²) in [6.45, 7) is 2.13. The van der Waals surface area contributed by atoms with Crippen LogP contribution in [-0.4, -0.2) is 27.2 Å². The fraction of sp³-hybridized carbons (Fsp3) is 0.571. The Balaban J connectivity index is 1.88. The molecule has 4 nitrogen and oxygen atoms in total. The maximum absolute atomic E-state index is 9.57. The van der Waals surface area contributed by atoms with E-state index >= 15 is 0 Å². The van der Waals surface area contributed by atoms with Crippen LogP contribution >= 0.6 is 22.9 Å². The second-order valence-electron chi connectivity index (χ2n) is 5.28. The monoisotopic (exact) mass is 311 g/mol. The lowest BCUT2D eigenvalue weighted by Crippen LogP contribution is -2.28. The minimum absolute atomic E-state index is 0.144. The van der Waals surface area contributed by atoms with Crippen LogP contribution in [0, 0.1) is 0 Å². The van der Waals surface area contributed by atoms with Gasteiger partial charge in [0.15, 0.2) is 0 Å². The van der Waals surface area contributed by atoms with Gasteiger partial charge in [0, 0.05) is 10.9 Å². The zero-order valence-electron chi connectivity index (χ0n) is 11.4. The molecule has 2 aromatic heterocycles. The Morgan fingerprint density at radius 2 is 2.10 bits per heavy atom. The third-order valence-corrected chi connectivity index (χ3v) is 5.14. The first kappa shape index (κ1) is 14.0.